The van der Waals surface area contributed by atoms with Gasteiger partial charge in [-0.3, -0.25) is 14.5 Å². The summed E-state index contributed by atoms with van der Waals surface area (Å²) in [6.45, 7) is 4.77. The molecule has 3 aromatic rings. The average molecular weight is 522 g/mol. The highest BCUT2D eigenvalue weighted by molar-refractivity contribution is 6.51. The minimum Gasteiger partial charge on any atom is -0.507 e. The van der Waals surface area contributed by atoms with Crippen LogP contribution in [0.4, 0.5) is 5.69 Å². The molecule has 1 aliphatic rings. The number of benzene rings is 3. The Balaban J connectivity index is 1.88. The fourth-order valence-corrected chi connectivity index (χ4v) is 4.39. The van der Waals surface area contributed by atoms with Crippen molar-refractivity contribution >= 4 is 34.7 Å². The highest BCUT2D eigenvalue weighted by Crippen LogP contribution is 2.43. The standard InChI is InChI=1S/C29H28ClNO6/c1-4-15-37-21-12-9-18(10-13-21)26-25(27(32)19-11-14-23(30)24(16-19)36-5-2)28(33)29(34)31(26)20-7-6-8-22(17-20)35-3/h6-14,16-17,26,32H,4-5,15H2,1-3H3/b27-25+. The highest BCUT2D eigenvalue weighted by Gasteiger charge is 2.47. The summed E-state index contributed by atoms with van der Waals surface area (Å²) in [6.07, 6.45) is 0.864. The van der Waals surface area contributed by atoms with Crippen LogP contribution in [0.25, 0.3) is 5.76 Å². The molecule has 1 fully saturated rings. The molecule has 0 radical (unpaired) electrons. The van der Waals surface area contributed by atoms with Gasteiger partial charge in [0.2, 0.25) is 0 Å². The number of aliphatic hydroxyl groups excluding tert-OH is 1. The molecule has 1 aliphatic heterocycles. The van der Waals surface area contributed by atoms with E-state index in [9.17, 15) is 14.7 Å². The molecular weight excluding hydrogens is 494 g/mol. The largest absolute Gasteiger partial charge is 0.507 e. The van der Waals surface area contributed by atoms with Gasteiger partial charge < -0.3 is 19.3 Å². The molecule has 37 heavy (non-hydrogen) atoms. The third-order valence-electron chi connectivity index (χ3n) is 5.95. The number of rotatable bonds is 9. The van der Waals surface area contributed by atoms with Crippen molar-refractivity contribution in [2.45, 2.75) is 26.3 Å². The predicted octanol–water partition coefficient (Wildman–Crippen LogP) is 6.16. The first-order valence-electron chi connectivity index (χ1n) is 12.0. The first-order valence-corrected chi connectivity index (χ1v) is 12.4. The number of amides is 1. The van der Waals surface area contributed by atoms with E-state index in [1.807, 2.05) is 13.8 Å². The number of hydrogen-bond donors (Lipinski definition) is 1. The van der Waals surface area contributed by atoms with Crippen LogP contribution in [0.15, 0.2) is 72.3 Å². The van der Waals surface area contributed by atoms with E-state index in [0.29, 0.717) is 52.3 Å². The maximum Gasteiger partial charge on any atom is 0.300 e. The summed E-state index contributed by atoms with van der Waals surface area (Å²) in [5.74, 6) is -0.319. The fourth-order valence-electron chi connectivity index (χ4n) is 4.21. The van der Waals surface area contributed by atoms with Crippen molar-refractivity contribution in [3.8, 4) is 17.2 Å². The Morgan fingerprint density at radius 2 is 1.73 bits per heavy atom. The van der Waals surface area contributed by atoms with Crippen LogP contribution in [0.2, 0.25) is 5.02 Å². The van der Waals surface area contributed by atoms with Crippen molar-refractivity contribution in [1.82, 2.24) is 0 Å². The number of nitrogens with zero attached hydrogens (tertiary/aromatic N) is 1. The number of halogens is 1. The number of anilines is 1. The van der Waals surface area contributed by atoms with Gasteiger partial charge in [-0.25, -0.2) is 0 Å². The predicted molar refractivity (Wildman–Crippen MR) is 143 cm³/mol. The normalized spacial score (nSPS) is 16.6. The minimum atomic E-state index is -0.890. The molecule has 1 heterocycles. The molecule has 0 aromatic heterocycles. The molecule has 0 bridgehead atoms. The molecule has 0 spiro atoms. The molecule has 1 saturated heterocycles. The van der Waals surface area contributed by atoms with Crippen molar-refractivity contribution in [2.24, 2.45) is 0 Å². The molecule has 8 heteroatoms. The van der Waals surface area contributed by atoms with E-state index in [2.05, 4.69) is 0 Å². The number of methoxy groups -OCH3 is 1. The van der Waals surface area contributed by atoms with Crippen molar-refractivity contribution in [3.63, 3.8) is 0 Å². The smallest absolute Gasteiger partial charge is 0.300 e. The van der Waals surface area contributed by atoms with Crippen molar-refractivity contribution in [2.75, 3.05) is 25.2 Å². The van der Waals surface area contributed by atoms with Crippen LogP contribution in [0.3, 0.4) is 0 Å². The first kappa shape index (κ1) is 26.1. The molecule has 3 aromatic carbocycles. The molecule has 7 nitrogen and oxygen atoms in total. The zero-order chi connectivity index (χ0) is 26.5. The number of aliphatic hydroxyl groups is 1. The van der Waals surface area contributed by atoms with Crippen molar-refractivity contribution < 1.29 is 28.9 Å². The fraction of sp³-hybridized carbons (Fsp3) is 0.241. The summed E-state index contributed by atoms with van der Waals surface area (Å²) in [6, 6.07) is 17.8. The number of hydrogen-bond acceptors (Lipinski definition) is 6. The second-order valence-electron chi connectivity index (χ2n) is 8.37. The van der Waals surface area contributed by atoms with Gasteiger partial charge in [-0.05, 0) is 61.4 Å². The van der Waals surface area contributed by atoms with Gasteiger partial charge in [0.05, 0.1) is 37.0 Å². The molecule has 0 aliphatic carbocycles. The van der Waals surface area contributed by atoms with Gasteiger partial charge in [-0.1, -0.05) is 36.7 Å². The number of carbonyl (C=O) groups excluding carboxylic acids is 2. The topological polar surface area (TPSA) is 85.3 Å². The van der Waals surface area contributed by atoms with Crippen molar-refractivity contribution in [3.05, 3.63) is 88.5 Å². The van der Waals surface area contributed by atoms with E-state index < -0.39 is 17.7 Å². The van der Waals surface area contributed by atoms with Gasteiger partial charge in [0.25, 0.3) is 11.7 Å². The maximum atomic E-state index is 13.4. The zero-order valence-corrected chi connectivity index (χ0v) is 21.6. The van der Waals surface area contributed by atoms with Gasteiger partial charge in [0, 0.05) is 17.3 Å². The van der Waals surface area contributed by atoms with Gasteiger partial charge >= 0.3 is 0 Å². The third kappa shape index (κ3) is 5.27. The van der Waals surface area contributed by atoms with E-state index >= 15 is 0 Å². The molecular formula is C29H28ClNO6. The molecule has 0 saturated carbocycles. The lowest BCUT2D eigenvalue weighted by molar-refractivity contribution is -0.132. The Bertz CT molecular complexity index is 1330. The Hall–Kier alpha value is -3.97. The summed E-state index contributed by atoms with van der Waals surface area (Å²) < 4.78 is 16.6. The lowest BCUT2D eigenvalue weighted by atomic mass is 9.95. The number of carbonyl (C=O) groups is 2. The second-order valence-corrected chi connectivity index (χ2v) is 8.77. The molecule has 1 atom stereocenters. The Labute approximate surface area is 220 Å². The summed E-state index contributed by atoms with van der Waals surface area (Å²) in [5, 5.41) is 11.8. The van der Waals surface area contributed by atoms with Crippen LogP contribution in [-0.4, -0.2) is 37.1 Å². The van der Waals surface area contributed by atoms with E-state index in [4.69, 9.17) is 25.8 Å². The lowest BCUT2D eigenvalue weighted by Crippen LogP contribution is -2.29. The molecule has 4 rings (SSSR count). The quantitative estimate of drug-likeness (QED) is 0.206. The summed E-state index contributed by atoms with van der Waals surface area (Å²) in [4.78, 5) is 28.2. The van der Waals surface area contributed by atoms with Crippen LogP contribution in [0, 0.1) is 0 Å². The zero-order valence-electron chi connectivity index (χ0n) is 20.9. The van der Waals surface area contributed by atoms with E-state index in [0.717, 1.165) is 6.42 Å². The van der Waals surface area contributed by atoms with Crippen LogP contribution >= 0.6 is 11.6 Å². The minimum absolute atomic E-state index is 0.0418. The second kappa shape index (κ2) is 11.4. The first-order chi connectivity index (χ1) is 17.9. The molecule has 1 unspecified atom stereocenters. The van der Waals surface area contributed by atoms with Crippen LogP contribution < -0.4 is 19.1 Å². The number of Topliss-reactive ketones (excluding diaryl/α,β-unsaturated/α-hetero) is 1. The lowest BCUT2D eigenvalue weighted by Gasteiger charge is -2.26. The van der Waals surface area contributed by atoms with E-state index in [-0.39, 0.29) is 11.3 Å². The summed E-state index contributed by atoms with van der Waals surface area (Å²) in [7, 11) is 1.52. The Morgan fingerprint density at radius 3 is 2.41 bits per heavy atom. The Morgan fingerprint density at radius 1 is 0.973 bits per heavy atom. The van der Waals surface area contributed by atoms with Crippen LogP contribution in [-0.2, 0) is 9.59 Å². The summed E-state index contributed by atoms with van der Waals surface area (Å²) in [5.41, 5.74) is 1.36. The highest BCUT2D eigenvalue weighted by atomic mass is 35.5. The van der Waals surface area contributed by atoms with Gasteiger partial charge in [0.15, 0.2) is 0 Å². The van der Waals surface area contributed by atoms with Gasteiger partial charge in [-0.2, -0.15) is 0 Å². The molecule has 1 N–H and O–H groups in total. The monoisotopic (exact) mass is 521 g/mol. The maximum absolute atomic E-state index is 13.4. The van der Waals surface area contributed by atoms with E-state index in [1.54, 1.807) is 66.7 Å². The summed E-state index contributed by atoms with van der Waals surface area (Å²) >= 11 is 6.22. The van der Waals surface area contributed by atoms with Gasteiger partial charge in [0.1, 0.15) is 23.0 Å². The van der Waals surface area contributed by atoms with E-state index in [1.165, 1.54) is 12.0 Å². The number of ketones is 1. The molecule has 1 amide bonds. The van der Waals surface area contributed by atoms with Crippen molar-refractivity contribution in [1.29, 1.82) is 0 Å². The van der Waals surface area contributed by atoms with Crippen LogP contribution in [0.1, 0.15) is 37.4 Å². The SMILES string of the molecule is CCCOc1ccc(C2/C(=C(\O)c3ccc(Cl)c(OCC)c3)C(=O)C(=O)N2c2cccc(OC)c2)cc1. The number of ether oxygens (including phenoxy) is 3. The molecule has 192 valence electrons. The Kier molecular flexibility index (Phi) is 8.04. The average Bonchev–Trinajstić information content (AvgIpc) is 3.18. The van der Waals surface area contributed by atoms with Crippen LogP contribution in [0.5, 0.6) is 17.2 Å². The van der Waals surface area contributed by atoms with Gasteiger partial charge in [-0.15, -0.1) is 0 Å². The third-order valence-corrected chi connectivity index (χ3v) is 6.26.